The average Bonchev–Trinajstić information content (AvgIpc) is 2.56. The van der Waals surface area contributed by atoms with E-state index in [-0.39, 0.29) is 0 Å². The smallest absolute Gasteiger partial charge is 0.143 e. The van der Waals surface area contributed by atoms with E-state index in [2.05, 4.69) is 24.9 Å². The third kappa shape index (κ3) is 1.67. The van der Waals surface area contributed by atoms with E-state index in [1.807, 2.05) is 6.07 Å². The highest BCUT2D eigenvalue weighted by molar-refractivity contribution is 5.90. The fourth-order valence-corrected chi connectivity index (χ4v) is 2.21. The molecule has 16 heavy (non-hydrogen) atoms. The molecule has 0 fully saturated rings. The minimum Gasteiger partial charge on any atom is -0.495 e. The Morgan fingerprint density at radius 2 is 2.06 bits per heavy atom. The van der Waals surface area contributed by atoms with Crippen LogP contribution < -0.4 is 10.5 Å². The number of ether oxygens (including phenoxy) is 1. The number of nitrogens with one attached hydrogen (secondary N) is 1. The van der Waals surface area contributed by atoms with Gasteiger partial charge in [0.1, 0.15) is 5.75 Å². The number of aryl methyl sites for hydroxylation is 2. The average molecular weight is 218 g/mol. The molecule has 3 nitrogen and oxygen atoms in total. The molecule has 0 saturated carbocycles. The lowest BCUT2D eigenvalue weighted by atomic mass is 10.1. The first kappa shape index (κ1) is 11.0. The monoisotopic (exact) mass is 218 g/mol. The summed E-state index contributed by atoms with van der Waals surface area (Å²) in [5, 5.41) is 1.24. The number of benzene rings is 1. The minimum atomic E-state index is 0.671. The summed E-state index contributed by atoms with van der Waals surface area (Å²) in [5.74, 6) is 0.904. The van der Waals surface area contributed by atoms with Crippen molar-refractivity contribution in [1.82, 2.24) is 4.98 Å². The van der Waals surface area contributed by atoms with Crippen molar-refractivity contribution in [2.75, 3.05) is 13.7 Å². The summed E-state index contributed by atoms with van der Waals surface area (Å²) >= 11 is 0. The maximum Gasteiger partial charge on any atom is 0.143 e. The highest BCUT2D eigenvalue weighted by Gasteiger charge is 2.11. The molecule has 0 saturated heterocycles. The Kier molecular flexibility index (Phi) is 2.88. The predicted molar refractivity (Wildman–Crippen MR) is 67.1 cm³/mol. The molecule has 0 aliphatic heterocycles. The highest BCUT2D eigenvalue weighted by Crippen LogP contribution is 2.31. The second kappa shape index (κ2) is 4.18. The Morgan fingerprint density at radius 1 is 1.31 bits per heavy atom. The number of aromatic nitrogens is 1. The van der Waals surface area contributed by atoms with Crippen molar-refractivity contribution in [2.45, 2.75) is 20.3 Å². The molecule has 0 spiro atoms. The van der Waals surface area contributed by atoms with Crippen LogP contribution in [-0.4, -0.2) is 18.6 Å². The second-order valence-electron chi connectivity index (χ2n) is 4.16. The van der Waals surface area contributed by atoms with Gasteiger partial charge in [0.05, 0.1) is 12.6 Å². The van der Waals surface area contributed by atoms with Crippen LogP contribution in [0.25, 0.3) is 10.9 Å². The first-order valence-corrected chi connectivity index (χ1v) is 5.53. The Labute approximate surface area is 95.6 Å². The topological polar surface area (TPSA) is 51.0 Å². The van der Waals surface area contributed by atoms with Gasteiger partial charge in [-0.15, -0.1) is 0 Å². The third-order valence-electron chi connectivity index (χ3n) is 2.95. The quantitative estimate of drug-likeness (QED) is 0.830. The van der Waals surface area contributed by atoms with Crippen molar-refractivity contribution in [1.29, 1.82) is 0 Å². The maximum absolute atomic E-state index is 5.64. The van der Waals surface area contributed by atoms with Gasteiger partial charge in [-0.3, -0.25) is 0 Å². The predicted octanol–water partition coefficient (Wildman–Crippen LogP) is 2.29. The molecule has 1 aromatic carbocycles. The van der Waals surface area contributed by atoms with Gasteiger partial charge in [-0.05, 0) is 50.1 Å². The summed E-state index contributed by atoms with van der Waals surface area (Å²) in [6.07, 6.45) is 0.901. The van der Waals surface area contributed by atoms with E-state index in [0.29, 0.717) is 6.54 Å². The fourth-order valence-electron chi connectivity index (χ4n) is 2.21. The van der Waals surface area contributed by atoms with Crippen LogP contribution in [-0.2, 0) is 6.42 Å². The Balaban J connectivity index is 2.73. The van der Waals surface area contributed by atoms with Gasteiger partial charge >= 0.3 is 0 Å². The molecule has 0 unspecified atom stereocenters. The van der Waals surface area contributed by atoms with Crippen molar-refractivity contribution in [2.24, 2.45) is 5.73 Å². The molecular weight excluding hydrogens is 200 g/mol. The molecule has 0 amide bonds. The van der Waals surface area contributed by atoms with Crippen LogP contribution in [0.2, 0.25) is 0 Å². The molecule has 0 aliphatic carbocycles. The van der Waals surface area contributed by atoms with Crippen LogP contribution >= 0.6 is 0 Å². The lowest BCUT2D eigenvalue weighted by Crippen LogP contribution is -2.03. The van der Waals surface area contributed by atoms with Crippen molar-refractivity contribution >= 4 is 10.9 Å². The fraction of sp³-hybridized carbons (Fsp3) is 0.385. The molecule has 2 aromatic rings. The van der Waals surface area contributed by atoms with E-state index in [0.717, 1.165) is 17.7 Å². The van der Waals surface area contributed by atoms with E-state index >= 15 is 0 Å². The molecule has 1 heterocycles. The van der Waals surface area contributed by atoms with Gasteiger partial charge in [0, 0.05) is 11.1 Å². The number of methoxy groups -OCH3 is 1. The zero-order valence-electron chi connectivity index (χ0n) is 10.1. The van der Waals surface area contributed by atoms with E-state index in [4.69, 9.17) is 10.5 Å². The van der Waals surface area contributed by atoms with Crippen LogP contribution in [0.3, 0.4) is 0 Å². The molecule has 2 rings (SSSR count). The number of H-pyrrole nitrogens is 1. The van der Waals surface area contributed by atoms with Crippen molar-refractivity contribution in [3.63, 3.8) is 0 Å². The molecule has 3 heteroatoms. The Hall–Kier alpha value is -1.48. The van der Waals surface area contributed by atoms with Crippen molar-refractivity contribution < 1.29 is 4.74 Å². The van der Waals surface area contributed by atoms with E-state index < -0.39 is 0 Å². The Morgan fingerprint density at radius 3 is 2.69 bits per heavy atom. The van der Waals surface area contributed by atoms with Gasteiger partial charge in [-0.25, -0.2) is 0 Å². The first-order chi connectivity index (χ1) is 7.67. The minimum absolute atomic E-state index is 0.671. The zero-order valence-corrected chi connectivity index (χ0v) is 10.1. The van der Waals surface area contributed by atoms with E-state index in [1.165, 1.54) is 22.2 Å². The number of hydrogen-bond donors (Lipinski definition) is 2. The largest absolute Gasteiger partial charge is 0.495 e. The number of fused-ring (bicyclic) bond motifs is 1. The molecule has 0 atom stereocenters. The van der Waals surface area contributed by atoms with Crippen LogP contribution in [0, 0.1) is 13.8 Å². The summed E-state index contributed by atoms with van der Waals surface area (Å²) in [5.41, 5.74) is 10.4. The van der Waals surface area contributed by atoms with Crippen molar-refractivity contribution in [3.05, 3.63) is 29.0 Å². The third-order valence-corrected chi connectivity index (χ3v) is 2.95. The van der Waals surface area contributed by atoms with Gasteiger partial charge in [-0.2, -0.15) is 0 Å². The number of nitrogens with two attached hydrogens (primary N) is 1. The van der Waals surface area contributed by atoms with Gasteiger partial charge in [0.2, 0.25) is 0 Å². The lowest BCUT2D eigenvalue weighted by molar-refractivity contribution is 0.418. The molecule has 0 bridgehead atoms. The maximum atomic E-state index is 5.64. The van der Waals surface area contributed by atoms with Crippen LogP contribution in [0.4, 0.5) is 0 Å². The molecule has 1 aromatic heterocycles. The van der Waals surface area contributed by atoms with Gasteiger partial charge in [0.15, 0.2) is 0 Å². The Bertz CT molecular complexity index is 514. The van der Waals surface area contributed by atoms with Crippen LogP contribution in [0.1, 0.15) is 16.8 Å². The van der Waals surface area contributed by atoms with Gasteiger partial charge in [-0.1, -0.05) is 0 Å². The molecular formula is C13H18N2O. The molecule has 0 radical (unpaired) electrons. The normalized spacial score (nSPS) is 11.0. The lowest BCUT2D eigenvalue weighted by Gasteiger charge is -2.04. The second-order valence-corrected chi connectivity index (χ2v) is 4.16. The number of aromatic amines is 1. The van der Waals surface area contributed by atoms with Gasteiger partial charge in [0.25, 0.3) is 0 Å². The molecule has 0 aliphatic rings. The van der Waals surface area contributed by atoms with Crippen LogP contribution in [0.15, 0.2) is 12.1 Å². The van der Waals surface area contributed by atoms with E-state index in [1.54, 1.807) is 7.11 Å². The first-order valence-electron chi connectivity index (χ1n) is 5.53. The van der Waals surface area contributed by atoms with Crippen LogP contribution in [0.5, 0.6) is 5.75 Å². The van der Waals surface area contributed by atoms with Crippen molar-refractivity contribution in [3.8, 4) is 5.75 Å². The molecule has 3 N–H and O–H groups in total. The highest BCUT2D eigenvalue weighted by atomic mass is 16.5. The van der Waals surface area contributed by atoms with E-state index in [9.17, 15) is 0 Å². The zero-order chi connectivity index (χ0) is 11.7. The van der Waals surface area contributed by atoms with Gasteiger partial charge < -0.3 is 15.5 Å². The number of hydrogen-bond acceptors (Lipinski definition) is 2. The SMILES string of the molecule is COc1cc(C)cc2c(CCN)c(C)[nH]c12. The summed E-state index contributed by atoms with van der Waals surface area (Å²) in [4.78, 5) is 3.38. The molecule has 86 valence electrons. The standard InChI is InChI=1S/C13H18N2O/c1-8-6-11-10(4-5-14)9(2)15-13(11)12(7-8)16-3/h6-7,15H,4-5,14H2,1-3H3. The summed E-state index contributed by atoms with van der Waals surface area (Å²) in [7, 11) is 1.70. The summed E-state index contributed by atoms with van der Waals surface area (Å²) in [6.45, 7) is 4.83. The number of rotatable bonds is 3. The summed E-state index contributed by atoms with van der Waals surface area (Å²) in [6, 6.07) is 4.23. The summed E-state index contributed by atoms with van der Waals surface area (Å²) < 4.78 is 5.39.